The number of rotatable bonds is 7. The van der Waals surface area contributed by atoms with Gasteiger partial charge in [0.25, 0.3) is 5.91 Å². The van der Waals surface area contributed by atoms with Gasteiger partial charge in [0, 0.05) is 29.5 Å². The molecule has 0 atom stereocenters. The van der Waals surface area contributed by atoms with Crippen LogP contribution in [0, 0.1) is 6.92 Å². The summed E-state index contributed by atoms with van der Waals surface area (Å²) in [5.41, 5.74) is 1.41. The van der Waals surface area contributed by atoms with Gasteiger partial charge in [0.05, 0.1) is 25.1 Å². The molecule has 1 saturated heterocycles. The van der Waals surface area contributed by atoms with Crippen LogP contribution in [0.1, 0.15) is 28.1 Å². The van der Waals surface area contributed by atoms with E-state index in [1.165, 1.54) is 29.7 Å². The van der Waals surface area contributed by atoms with Crippen LogP contribution in [0.3, 0.4) is 0 Å². The third-order valence-electron chi connectivity index (χ3n) is 4.95. The predicted molar refractivity (Wildman–Crippen MR) is 120 cm³/mol. The molecule has 4 heterocycles. The number of carbonyl (C=O) groups is 1. The molecule has 0 radical (unpaired) electrons. The first-order valence-electron chi connectivity index (χ1n) is 10.5. The van der Waals surface area contributed by atoms with Crippen molar-refractivity contribution in [3.05, 3.63) is 47.1 Å². The quantitative estimate of drug-likeness (QED) is 0.500. The Bertz CT molecular complexity index is 1130. The Morgan fingerprint density at radius 3 is 2.74 bits per heavy atom. The topological polar surface area (TPSA) is 98.3 Å². The number of ether oxygens (including phenoxy) is 2. The number of hydrogen-bond donors (Lipinski definition) is 2. The fraction of sp³-hybridized carbons (Fsp3) is 0.364. The normalized spacial score (nSPS) is 14.6. The van der Waals surface area contributed by atoms with E-state index in [1.54, 1.807) is 6.20 Å². The van der Waals surface area contributed by atoms with E-state index in [1.807, 2.05) is 24.4 Å². The number of nitrogens with one attached hydrogen (secondary N) is 2. The highest BCUT2D eigenvalue weighted by molar-refractivity contribution is 7.16. The van der Waals surface area contributed by atoms with Crippen LogP contribution in [0.15, 0.2) is 36.7 Å². The lowest BCUT2D eigenvalue weighted by Gasteiger charge is -2.23. The molecule has 34 heavy (non-hydrogen) atoms. The number of amides is 1. The van der Waals surface area contributed by atoms with Crippen molar-refractivity contribution < 1.29 is 27.4 Å². The number of thiazole rings is 1. The van der Waals surface area contributed by atoms with Gasteiger partial charge in [-0.1, -0.05) is 0 Å². The molecule has 0 unspecified atom stereocenters. The zero-order valence-corrected chi connectivity index (χ0v) is 19.0. The van der Waals surface area contributed by atoms with Gasteiger partial charge >= 0.3 is 6.18 Å². The molecular weight excluding hydrogens is 471 g/mol. The molecule has 180 valence electrons. The van der Waals surface area contributed by atoms with Crippen LogP contribution in [0.4, 0.5) is 24.1 Å². The van der Waals surface area contributed by atoms with Crippen LogP contribution >= 0.6 is 11.3 Å². The highest BCUT2D eigenvalue weighted by Gasteiger charge is 2.28. The number of pyridine rings is 2. The molecule has 2 N–H and O–H groups in total. The summed E-state index contributed by atoms with van der Waals surface area (Å²) < 4.78 is 48.3. The van der Waals surface area contributed by atoms with Gasteiger partial charge in [0.1, 0.15) is 29.9 Å². The summed E-state index contributed by atoms with van der Waals surface area (Å²) in [6.07, 6.45) is 0.341. The number of alkyl halides is 3. The Morgan fingerprint density at radius 1 is 1.24 bits per heavy atom. The number of carbonyl (C=O) groups excluding carboxylic acids is 1. The minimum Gasteiger partial charge on any atom is -0.489 e. The Morgan fingerprint density at radius 2 is 2.03 bits per heavy atom. The van der Waals surface area contributed by atoms with Crippen molar-refractivity contribution in [2.75, 3.05) is 25.1 Å². The monoisotopic (exact) mass is 493 g/mol. The standard InChI is InChI=1S/C22H22F3N5O3S/c1-13-19(17-3-2-16(11-27-17)33-15-5-8-32-9-6-15)30-21(34-13)29-18-10-14(4-7-26-18)20(31)28-12-22(23,24)25/h2-4,7,10-11,15H,5-6,8-9,12H2,1H3,(H,28,31)(H,26,29,30). The van der Waals surface area contributed by atoms with E-state index in [4.69, 9.17) is 9.47 Å². The predicted octanol–water partition coefficient (Wildman–Crippen LogP) is 4.50. The molecule has 1 fully saturated rings. The third kappa shape index (κ3) is 6.41. The Kier molecular flexibility index (Phi) is 7.27. The molecule has 1 aliphatic heterocycles. The zero-order valence-electron chi connectivity index (χ0n) is 18.2. The van der Waals surface area contributed by atoms with Crippen LogP contribution < -0.4 is 15.4 Å². The second kappa shape index (κ2) is 10.3. The molecule has 3 aromatic heterocycles. The number of aryl methyl sites for hydroxylation is 1. The molecule has 0 spiro atoms. The van der Waals surface area contributed by atoms with E-state index in [2.05, 4.69) is 20.3 Å². The SMILES string of the molecule is Cc1sc(Nc2cc(C(=O)NCC(F)(F)F)ccn2)nc1-c1ccc(OC2CCOCC2)cn1. The van der Waals surface area contributed by atoms with Crippen molar-refractivity contribution in [3.8, 4) is 17.1 Å². The molecule has 12 heteroatoms. The molecule has 1 aliphatic rings. The number of aromatic nitrogens is 3. The highest BCUT2D eigenvalue weighted by Crippen LogP contribution is 2.31. The van der Waals surface area contributed by atoms with Crippen LogP contribution in [0.5, 0.6) is 5.75 Å². The molecule has 0 saturated carbocycles. The molecule has 3 aromatic rings. The summed E-state index contributed by atoms with van der Waals surface area (Å²) in [6.45, 7) is 1.89. The summed E-state index contributed by atoms with van der Waals surface area (Å²) >= 11 is 1.37. The minimum absolute atomic E-state index is 0.0528. The van der Waals surface area contributed by atoms with E-state index in [0.29, 0.717) is 35.5 Å². The summed E-state index contributed by atoms with van der Waals surface area (Å²) in [6, 6.07) is 6.39. The van der Waals surface area contributed by atoms with Crippen molar-refractivity contribution >= 4 is 28.2 Å². The van der Waals surface area contributed by atoms with Gasteiger partial charge in [-0.25, -0.2) is 9.97 Å². The molecule has 1 amide bonds. The van der Waals surface area contributed by atoms with Gasteiger partial charge in [-0.05, 0) is 31.2 Å². The summed E-state index contributed by atoms with van der Waals surface area (Å²) in [7, 11) is 0. The maximum absolute atomic E-state index is 12.3. The molecule has 0 bridgehead atoms. The van der Waals surface area contributed by atoms with Crippen LogP contribution in [0.2, 0.25) is 0 Å². The third-order valence-corrected chi connectivity index (χ3v) is 5.84. The van der Waals surface area contributed by atoms with Gasteiger partial charge in [-0.15, -0.1) is 11.3 Å². The Hall–Kier alpha value is -3.25. The number of hydrogen-bond acceptors (Lipinski definition) is 8. The van der Waals surface area contributed by atoms with E-state index < -0.39 is 18.6 Å². The van der Waals surface area contributed by atoms with Crippen molar-refractivity contribution in [2.45, 2.75) is 32.0 Å². The molecular formula is C22H22F3N5O3S. The van der Waals surface area contributed by atoms with Crippen LogP contribution in [0.25, 0.3) is 11.4 Å². The van der Waals surface area contributed by atoms with E-state index in [0.717, 1.165) is 17.7 Å². The van der Waals surface area contributed by atoms with Gasteiger partial charge in [0.15, 0.2) is 5.13 Å². The summed E-state index contributed by atoms with van der Waals surface area (Å²) in [5.74, 6) is 0.130. The maximum atomic E-state index is 12.3. The lowest BCUT2D eigenvalue weighted by molar-refractivity contribution is -0.123. The van der Waals surface area contributed by atoms with Crippen LogP contribution in [-0.4, -0.2) is 52.9 Å². The Balaban J connectivity index is 1.42. The van der Waals surface area contributed by atoms with Crippen molar-refractivity contribution in [3.63, 3.8) is 0 Å². The first-order chi connectivity index (χ1) is 16.3. The smallest absolute Gasteiger partial charge is 0.405 e. The number of nitrogens with zero attached hydrogens (tertiary/aromatic N) is 3. The second-order valence-electron chi connectivity index (χ2n) is 7.59. The molecule has 0 aromatic carbocycles. The van der Waals surface area contributed by atoms with Gasteiger partial charge in [0.2, 0.25) is 0 Å². The highest BCUT2D eigenvalue weighted by atomic mass is 32.1. The number of anilines is 2. The minimum atomic E-state index is -4.48. The average Bonchev–Trinajstić information content (AvgIpc) is 3.18. The van der Waals surface area contributed by atoms with Gasteiger partial charge < -0.3 is 20.1 Å². The van der Waals surface area contributed by atoms with Crippen molar-refractivity contribution in [1.82, 2.24) is 20.3 Å². The second-order valence-corrected chi connectivity index (χ2v) is 8.79. The average molecular weight is 494 g/mol. The van der Waals surface area contributed by atoms with Crippen LogP contribution in [-0.2, 0) is 4.74 Å². The first-order valence-corrected chi connectivity index (χ1v) is 11.3. The fourth-order valence-electron chi connectivity index (χ4n) is 3.30. The zero-order chi connectivity index (χ0) is 24.1. The first kappa shape index (κ1) is 23.9. The van der Waals surface area contributed by atoms with Gasteiger partial charge in [-0.3, -0.25) is 9.78 Å². The van der Waals surface area contributed by atoms with Gasteiger partial charge in [-0.2, -0.15) is 13.2 Å². The van der Waals surface area contributed by atoms with E-state index >= 15 is 0 Å². The summed E-state index contributed by atoms with van der Waals surface area (Å²) in [5, 5.41) is 5.35. The fourth-order valence-corrected chi connectivity index (χ4v) is 4.13. The molecule has 8 nitrogen and oxygen atoms in total. The van der Waals surface area contributed by atoms with E-state index in [9.17, 15) is 18.0 Å². The Labute approximate surface area is 197 Å². The lowest BCUT2D eigenvalue weighted by atomic mass is 10.1. The summed E-state index contributed by atoms with van der Waals surface area (Å²) in [4.78, 5) is 26.0. The molecule has 0 aliphatic carbocycles. The van der Waals surface area contributed by atoms with E-state index in [-0.39, 0.29) is 17.5 Å². The maximum Gasteiger partial charge on any atom is 0.405 e. The van der Waals surface area contributed by atoms with Crippen molar-refractivity contribution in [2.24, 2.45) is 0 Å². The van der Waals surface area contributed by atoms with Crippen molar-refractivity contribution in [1.29, 1.82) is 0 Å². The lowest BCUT2D eigenvalue weighted by Crippen LogP contribution is -2.33. The molecule has 4 rings (SSSR count). The largest absolute Gasteiger partial charge is 0.489 e. The number of halogens is 3.